The van der Waals surface area contributed by atoms with E-state index >= 15 is 0 Å². The number of carbonyl (C=O) groups excluding carboxylic acids is 1. The van der Waals surface area contributed by atoms with Crippen LogP contribution in [0.25, 0.3) is 0 Å². The second kappa shape index (κ2) is 6.21. The highest BCUT2D eigenvalue weighted by Gasteiger charge is 2.25. The second-order valence-electron chi connectivity index (χ2n) is 4.54. The molecule has 1 N–H and O–H groups in total. The minimum absolute atomic E-state index is 0.0357. The number of rotatable bonds is 4. The summed E-state index contributed by atoms with van der Waals surface area (Å²) in [5.74, 6) is -0.149. The van der Waals surface area contributed by atoms with Gasteiger partial charge in [-0.3, -0.25) is 4.79 Å². The van der Waals surface area contributed by atoms with Crippen LogP contribution < -0.4 is 4.74 Å². The van der Waals surface area contributed by atoms with Gasteiger partial charge in [0.05, 0.1) is 5.02 Å². The van der Waals surface area contributed by atoms with Crippen molar-refractivity contribution in [1.29, 1.82) is 0 Å². The van der Waals surface area contributed by atoms with Crippen LogP contribution in [0.4, 0.5) is 4.39 Å². The normalized spacial score (nSPS) is 18.7. The van der Waals surface area contributed by atoms with Gasteiger partial charge in [0.25, 0.3) is 5.91 Å². The van der Waals surface area contributed by atoms with Gasteiger partial charge in [-0.25, -0.2) is 4.39 Å². The van der Waals surface area contributed by atoms with Crippen molar-refractivity contribution in [3.63, 3.8) is 0 Å². The Morgan fingerprint density at radius 3 is 3.00 bits per heavy atom. The van der Waals surface area contributed by atoms with Crippen molar-refractivity contribution in [3.05, 3.63) is 29.0 Å². The zero-order valence-electron chi connectivity index (χ0n) is 10.3. The Balaban J connectivity index is 1.85. The molecular weight excluding hydrogens is 273 g/mol. The van der Waals surface area contributed by atoms with E-state index in [9.17, 15) is 9.18 Å². The summed E-state index contributed by atoms with van der Waals surface area (Å²) in [6.07, 6.45) is 0.810. The zero-order valence-corrected chi connectivity index (χ0v) is 11.1. The molecule has 1 amide bonds. The van der Waals surface area contributed by atoms with E-state index in [0.29, 0.717) is 18.8 Å². The number of aliphatic hydroxyl groups excluding tert-OH is 1. The van der Waals surface area contributed by atoms with E-state index < -0.39 is 5.82 Å². The van der Waals surface area contributed by atoms with E-state index in [4.69, 9.17) is 21.4 Å². The first kappa shape index (κ1) is 14.1. The molecule has 1 aliphatic rings. The maximum Gasteiger partial charge on any atom is 0.260 e. The third kappa shape index (κ3) is 3.58. The van der Waals surface area contributed by atoms with Gasteiger partial charge >= 0.3 is 0 Å². The summed E-state index contributed by atoms with van der Waals surface area (Å²) in [7, 11) is 0. The fourth-order valence-corrected chi connectivity index (χ4v) is 2.18. The third-order valence-electron chi connectivity index (χ3n) is 3.15. The Kier molecular flexibility index (Phi) is 4.61. The van der Waals surface area contributed by atoms with Gasteiger partial charge in [-0.1, -0.05) is 11.6 Å². The fourth-order valence-electron chi connectivity index (χ4n) is 2.01. The molecule has 6 heteroatoms. The number of amides is 1. The standard InChI is InChI=1S/C13H15ClFNO3/c14-11-5-10(1-2-12(11)15)19-8-13(18)16-4-3-9(6-16)7-17/h1-2,5,9,17H,3-4,6-8H2. The van der Waals surface area contributed by atoms with Crippen molar-refractivity contribution in [2.75, 3.05) is 26.3 Å². The van der Waals surface area contributed by atoms with Crippen molar-refractivity contribution >= 4 is 17.5 Å². The Hall–Kier alpha value is -1.33. The van der Waals surface area contributed by atoms with Gasteiger partial charge in [0.15, 0.2) is 6.61 Å². The van der Waals surface area contributed by atoms with Crippen molar-refractivity contribution in [2.45, 2.75) is 6.42 Å². The predicted octanol–water partition coefficient (Wildman–Crippen LogP) is 1.70. The minimum Gasteiger partial charge on any atom is -0.484 e. The van der Waals surface area contributed by atoms with E-state index in [-0.39, 0.29) is 30.1 Å². The lowest BCUT2D eigenvalue weighted by molar-refractivity contribution is -0.132. The lowest BCUT2D eigenvalue weighted by atomic mass is 10.1. The fraction of sp³-hybridized carbons (Fsp3) is 0.462. The molecule has 1 aliphatic heterocycles. The number of hydrogen-bond donors (Lipinski definition) is 1. The number of ether oxygens (including phenoxy) is 1. The number of likely N-dealkylation sites (tertiary alicyclic amines) is 1. The zero-order chi connectivity index (χ0) is 13.8. The van der Waals surface area contributed by atoms with E-state index in [2.05, 4.69) is 0 Å². The monoisotopic (exact) mass is 287 g/mol. The molecule has 0 aromatic heterocycles. The largest absolute Gasteiger partial charge is 0.484 e. The molecule has 1 heterocycles. The molecule has 0 aliphatic carbocycles. The lowest BCUT2D eigenvalue weighted by Crippen LogP contribution is -2.33. The lowest BCUT2D eigenvalue weighted by Gasteiger charge is -2.16. The summed E-state index contributed by atoms with van der Waals surface area (Å²) in [5, 5.41) is 8.97. The average molecular weight is 288 g/mol. The van der Waals surface area contributed by atoms with Gasteiger partial charge in [0.1, 0.15) is 11.6 Å². The van der Waals surface area contributed by atoms with Gasteiger partial charge in [-0.2, -0.15) is 0 Å². The summed E-state index contributed by atoms with van der Waals surface area (Å²) in [6.45, 7) is 1.18. The maximum atomic E-state index is 12.9. The van der Waals surface area contributed by atoms with Crippen LogP contribution in [0.2, 0.25) is 5.02 Å². The highest BCUT2D eigenvalue weighted by Crippen LogP contribution is 2.21. The Labute approximate surface area is 115 Å². The second-order valence-corrected chi connectivity index (χ2v) is 4.95. The number of aliphatic hydroxyl groups is 1. The van der Waals surface area contributed by atoms with Gasteiger partial charge in [0.2, 0.25) is 0 Å². The summed E-state index contributed by atoms with van der Waals surface area (Å²) in [5.41, 5.74) is 0. The molecule has 1 atom stereocenters. The molecule has 1 saturated heterocycles. The van der Waals surface area contributed by atoms with Crippen molar-refractivity contribution in [2.24, 2.45) is 5.92 Å². The third-order valence-corrected chi connectivity index (χ3v) is 3.44. The molecule has 0 saturated carbocycles. The van der Waals surface area contributed by atoms with Crippen LogP contribution >= 0.6 is 11.6 Å². The molecule has 0 bridgehead atoms. The summed E-state index contributed by atoms with van der Waals surface area (Å²) < 4.78 is 18.2. The van der Waals surface area contributed by atoms with E-state index in [1.54, 1.807) is 4.90 Å². The Morgan fingerprint density at radius 2 is 2.37 bits per heavy atom. The van der Waals surface area contributed by atoms with Crippen molar-refractivity contribution in [3.8, 4) is 5.75 Å². The molecule has 0 spiro atoms. The molecule has 1 fully saturated rings. The van der Waals surface area contributed by atoms with Crippen LogP contribution in [0, 0.1) is 11.7 Å². The van der Waals surface area contributed by atoms with Crippen LogP contribution in [0.15, 0.2) is 18.2 Å². The highest BCUT2D eigenvalue weighted by molar-refractivity contribution is 6.30. The average Bonchev–Trinajstić information content (AvgIpc) is 2.88. The van der Waals surface area contributed by atoms with E-state index in [0.717, 1.165) is 6.42 Å². The quantitative estimate of drug-likeness (QED) is 0.917. The van der Waals surface area contributed by atoms with Crippen LogP contribution in [0.1, 0.15) is 6.42 Å². The number of halogens is 2. The molecular formula is C13H15ClFNO3. The van der Waals surface area contributed by atoms with Crippen LogP contribution in [0.5, 0.6) is 5.75 Å². The van der Waals surface area contributed by atoms with Gasteiger partial charge in [-0.15, -0.1) is 0 Å². The molecule has 1 aromatic carbocycles. The predicted molar refractivity (Wildman–Crippen MR) is 68.7 cm³/mol. The Morgan fingerprint density at radius 1 is 1.58 bits per heavy atom. The first-order valence-corrected chi connectivity index (χ1v) is 6.44. The number of hydrogen-bond acceptors (Lipinski definition) is 3. The molecule has 1 unspecified atom stereocenters. The first-order chi connectivity index (χ1) is 9.10. The van der Waals surface area contributed by atoms with Crippen molar-refractivity contribution < 1.29 is 19.0 Å². The van der Waals surface area contributed by atoms with Crippen molar-refractivity contribution in [1.82, 2.24) is 4.90 Å². The first-order valence-electron chi connectivity index (χ1n) is 6.06. The molecule has 0 radical (unpaired) electrons. The van der Waals surface area contributed by atoms with Gasteiger partial charge in [0, 0.05) is 31.7 Å². The topological polar surface area (TPSA) is 49.8 Å². The highest BCUT2D eigenvalue weighted by atomic mass is 35.5. The van der Waals surface area contributed by atoms with Gasteiger partial charge in [-0.05, 0) is 18.6 Å². The molecule has 104 valence electrons. The van der Waals surface area contributed by atoms with Crippen LogP contribution in [-0.4, -0.2) is 42.2 Å². The molecule has 19 heavy (non-hydrogen) atoms. The minimum atomic E-state index is -0.523. The van der Waals surface area contributed by atoms with Crippen LogP contribution in [-0.2, 0) is 4.79 Å². The molecule has 4 nitrogen and oxygen atoms in total. The van der Waals surface area contributed by atoms with Gasteiger partial charge < -0.3 is 14.7 Å². The van der Waals surface area contributed by atoms with E-state index in [1.165, 1.54) is 18.2 Å². The van der Waals surface area contributed by atoms with Crippen LogP contribution in [0.3, 0.4) is 0 Å². The SMILES string of the molecule is O=C(COc1ccc(F)c(Cl)c1)N1CCC(CO)C1. The molecule has 2 rings (SSSR count). The summed E-state index contributed by atoms with van der Waals surface area (Å²) in [6, 6.07) is 3.96. The smallest absolute Gasteiger partial charge is 0.260 e. The number of nitrogens with zero attached hydrogens (tertiary/aromatic N) is 1. The Bertz CT molecular complexity index is 469. The maximum absolute atomic E-state index is 12.9. The summed E-state index contributed by atoms with van der Waals surface area (Å²) in [4.78, 5) is 13.5. The molecule has 1 aromatic rings. The number of benzene rings is 1. The summed E-state index contributed by atoms with van der Waals surface area (Å²) >= 11 is 5.62. The number of carbonyl (C=O) groups is 1. The van der Waals surface area contributed by atoms with E-state index in [1.807, 2.05) is 0 Å².